The number of hydrogen-bond donors (Lipinski definition) is 0. The zero-order chi connectivity index (χ0) is 65.9. The van der Waals surface area contributed by atoms with Crippen molar-refractivity contribution < 1.29 is 18.9 Å². The van der Waals surface area contributed by atoms with Crippen LogP contribution in [-0.2, 0) is 0 Å². The number of rotatable bonds is 12. The van der Waals surface area contributed by atoms with E-state index < -0.39 is 0 Å². The molecule has 0 aliphatic heterocycles. The van der Waals surface area contributed by atoms with E-state index in [9.17, 15) is 0 Å². The van der Waals surface area contributed by atoms with Crippen molar-refractivity contribution >= 4 is 75.4 Å². The summed E-state index contributed by atoms with van der Waals surface area (Å²) >= 11 is 0. The van der Waals surface area contributed by atoms with Crippen LogP contribution in [0.3, 0.4) is 0 Å². The summed E-state index contributed by atoms with van der Waals surface area (Å²) in [7, 11) is 0. The number of ether oxygens (including phenoxy) is 4. The quantitative estimate of drug-likeness (QED) is 0.114. The van der Waals surface area contributed by atoms with E-state index >= 15 is 0 Å². The molecule has 0 unspecified atom stereocenters. The van der Waals surface area contributed by atoms with Gasteiger partial charge in [-0.3, -0.25) is 0 Å². The number of fused-ring (bicyclic) bond motifs is 4. The Morgan fingerprint density at radius 2 is 0.354 bits per heavy atom. The third-order valence-electron chi connectivity index (χ3n) is 19.8. The van der Waals surface area contributed by atoms with Gasteiger partial charge in [-0.15, -0.1) is 0 Å². The lowest BCUT2D eigenvalue weighted by Gasteiger charge is -2.27. The van der Waals surface area contributed by atoms with Crippen molar-refractivity contribution in [3.05, 3.63) is 297 Å². The molecule has 0 N–H and O–H groups in total. The monoisotopic (exact) mass is 1240 g/mol. The zero-order valence-electron chi connectivity index (χ0n) is 56.6. The Bertz CT molecular complexity index is 5110. The topological polar surface area (TPSA) is 36.9 Å². The molecule has 466 valence electrons. The average Bonchev–Trinajstić information content (AvgIpc) is 0.687. The van der Waals surface area contributed by atoms with E-state index in [1.807, 2.05) is 0 Å². The Hall–Kier alpha value is -11.2. The highest BCUT2D eigenvalue weighted by Crippen LogP contribution is 2.58. The molecule has 0 fully saturated rings. The largest absolute Gasteiger partial charge is 0.456 e. The van der Waals surface area contributed by atoms with Crippen LogP contribution in [-0.4, -0.2) is 0 Å². The fourth-order valence-corrected chi connectivity index (χ4v) is 16.2. The van der Waals surface area contributed by atoms with Crippen LogP contribution in [0.1, 0.15) is 66.8 Å². The third-order valence-corrected chi connectivity index (χ3v) is 19.8. The van der Waals surface area contributed by atoms with Crippen LogP contribution in [0, 0.1) is 83.1 Å². The van der Waals surface area contributed by atoms with Crippen molar-refractivity contribution in [2.45, 2.75) is 83.1 Å². The van der Waals surface area contributed by atoms with Crippen LogP contribution in [0.4, 0.5) is 0 Å². The molecule has 0 bridgehead atoms. The molecule has 0 aliphatic rings. The van der Waals surface area contributed by atoms with E-state index in [4.69, 9.17) is 18.9 Å². The molecule has 96 heavy (non-hydrogen) atoms. The number of aryl methyl sites for hydroxylation is 12. The number of benzene rings is 16. The van der Waals surface area contributed by atoms with E-state index in [0.717, 1.165) is 200 Å². The Morgan fingerprint density at radius 1 is 0.177 bits per heavy atom. The predicted octanol–water partition coefficient (Wildman–Crippen LogP) is 26.7. The van der Waals surface area contributed by atoms with Gasteiger partial charge in [-0.05, 0) is 274 Å². The SMILES string of the molecule is Cc1cc(C)c(Oc2ccc(-c3c(-c4ccc(Oc5c(C)cc(C)cc5C)c5ccccc45)c4cccc5c(-c6ccc(Oc7c(C)cc(C)cc7C)c7ccccc67)c(-c6ccc(Oc7c(C)cc(C)cc7C)c7ccccc67)c6cccc3c6c45)c3ccccc23)c(C)c1. The second-order valence-electron chi connectivity index (χ2n) is 26.9. The van der Waals surface area contributed by atoms with Crippen molar-refractivity contribution in [1.82, 2.24) is 0 Å². The summed E-state index contributed by atoms with van der Waals surface area (Å²) in [6.07, 6.45) is 0. The van der Waals surface area contributed by atoms with E-state index in [1.165, 1.54) is 33.0 Å². The molecule has 16 rings (SSSR count). The summed E-state index contributed by atoms with van der Waals surface area (Å²) in [4.78, 5) is 0. The van der Waals surface area contributed by atoms with Crippen LogP contribution in [0.15, 0.2) is 231 Å². The molecule has 0 radical (unpaired) electrons. The highest BCUT2D eigenvalue weighted by Gasteiger charge is 2.30. The summed E-state index contributed by atoms with van der Waals surface area (Å²) < 4.78 is 28.5. The van der Waals surface area contributed by atoms with Gasteiger partial charge in [0.2, 0.25) is 0 Å². The van der Waals surface area contributed by atoms with E-state index in [0.29, 0.717) is 0 Å². The summed E-state index contributed by atoms with van der Waals surface area (Å²) in [5, 5.41) is 15.4. The van der Waals surface area contributed by atoms with Gasteiger partial charge >= 0.3 is 0 Å². The first-order valence-corrected chi connectivity index (χ1v) is 33.4. The lowest BCUT2D eigenvalue weighted by atomic mass is 9.76. The van der Waals surface area contributed by atoms with E-state index in [-0.39, 0.29) is 0 Å². The molecule has 4 heteroatoms. The normalized spacial score (nSPS) is 11.8. The second kappa shape index (κ2) is 23.4. The van der Waals surface area contributed by atoms with E-state index in [1.54, 1.807) is 0 Å². The second-order valence-corrected chi connectivity index (χ2v) is 26.9. The molecule has 0 amide bonds. The lowest BCUT2D eigenvalue weighted by molar-refractivity contribution is 0.480. The first-order valence-electron chi connectivity index (χ1n) is 33.4. The molecule has 0 aromatic heterocycles. The Labute approximate surface area is 561 Å². The van der Waals surface area contributed by atoms with E-state index in [2.05, 4.69) is 314 Å². The average molecular weight is 1240 g/mol. The van der Waals surface area contributed by atoms with Gasteiger partial charge in [0.15, 0.2) is 0 Å². The first-order chi connectivity index (χ1) is 46.6. The molecule has 16 aromatic carbocycles. The first kappa shape index (κ1) is 59.8. The minimum atomic E-state index is 0.809. The maximum absolute atomic E-state index is 7.11. The molecule has 0 saturated heterocycles. The van der Waals surface area contributed by atoms with Crippen molar-refractivity contribution in [3.8, 4) is 90.5 Å². The Kier molecular flexibility index (Phi) is 14.6. The van der Waals surface area contributed by atoms with Crippen LogP contribution in [0.25, 0.3) is 120 Å². The van der Waals surface area contributed by atoms with Crippen molar-refractivity contribution in [1.29, 1.82) is 0 Å². The van der Waals surface area contributed by atoms with Gasteiger partial charge in [0.05, 0.1) is 0 Å². The fraction of sp³-hybridized carbons (Fsp3) is 0.130. The predicted molar refractivity (Wildman–Crippen MR) is 405 cm³/mol. The van der Waals surface area contributed by atoms with Crippen molar-refractivity contribution in [2.24, 2.45) is 0 Å². The molecule has 0 atom stereocenters. The highest BCUT2D eigenvalue weighted by atomic mass is 16.5. The van der Waals surface area contributed by atoms with Gasteiger partial charge in [0.1, 0.15) is 46.0 Å². The van der Waals surface area contributed by atoms with Gasteiger partial charge in [-0.25, -0.2) is 0 Å². The van der Waals surface area contributed by atoms with Crippen LogP contribution in [0.2, 0.25) is 0 Å². The van der Waals surface area contributed by atoms with Gasteiger partial charge in [-0.1, -0.05) is 204 Å². The summed E-state index contributed by atoms with van der Waals surface area (Å²) in [5.74, 6) is 6.77. The number of hydrogen-bond acceptors (Lipinski definition) is 4. The summed E-state index contributed by atoms with van der Waals surface area (Å²) in [6, 6.07) is 84.9. The van der Waals surface area contributed by atoms with Crippen LogP contribution >= 0.6 is 0 Å². The van der Waals surface area contributed by atoms with Crippen molar-refractivity contribution in [2.75, 3.05) is 0 Å². The standard InChI is InChI=1S/C92H74O4/c1-51-43-55(5)89(56(6)44-51)93-79-39-35-71(63-23-13-17-27-67(63)79)83-75-31-21-33-77-85(73-37-41-81(69-29-19-15-25-65(69)73)95-91-59(9)47-53(3)48-60(91)10)86(74-38-42-82(70-30-20-16-26-66(70)74)96-92-61(11)49-54(4)50-62(92)12)78-34-22-32-76(88(78)87(75)77)84(83)72-36-40-80(68-28-18-14-24-64(68)72)94-90-57(7)45-52(2)46-58(90)8/h13-50H,1-12H3. The fourth-order valence-electron chi connectivity index (χ4n) is 16.2. The molecule has 0 heterocycles. The zero-order valence-corrected chi connectivity index (χ0v) is 56.6. The summed E-state index contributed by atoms with van der Waals surface area (Å²) in [5.41, 5.74) is 22.7. The van der Waals surface area contributed by atoms with Crippen LogP contribution in [0.5, 0.6) is 46.0 Å². The third kappa shape index (κ3) is 9.88. The van der Waals surface area contributed by atoms with Gasteiger partial charge in [0.25, 0.3) is 0 Å². The maximum atomic E-state index is 7.11. The molecular formula is C92H74O4. The molecule has 0 spiro atoms. The minimum absolute atomic E-state index is 0.809. The van der Waals surface area contributed by atoms with Crippen LogP contribution < -0.4 is 18.9 Å². The molecule has 4 nitrogen and oxygen atoms in total. The minimum Gasteiger partial charge on any atom is -0.456 e. The highest BCUT2D eigenvalue weighted by molar-refractivity contribution is 6.38. The Balaban J connectivity index is 1.04. The molecule has 0 saturated carbocycles. The van der Waals surface area contributed by atoms with Crippen molar-refractivity contribution in [3.63, 3.8) is 0 Å². The van der Waals surface area contributed by atoms with Gasteiger partial charge in [0, 0.05) is 21.5 Å². The lowest BCUT2D eigenvalue weighted by Crippen LogP contribution is -2.00. The molecule has 16 aromatic rings. The summed E-state index contributed by atoms with van der Waals surface area (Å²) in [6.45, 7) is 25.7. The smallest absolute Gasteiger partial charge is 0.135 e. The molecule has 0 aliphatic carbocycles. The Morgan fingerprint density at radius 3 is 0.552 bits per heavy atom. The molecular weight excluding hydrogens is 1170 g/mol. The van der Waals surface area contributed by atoms with Gasteiger partial charge < -0.3 is 18.9 Å². The van der Waals surface area contributed by atoms with Gasteiger partial charge in [-0.2, -0.15) is 0 Å². The maximum Gasteiger partial charge on any atom is 0.135 e.